The molecule has 0 aromatic heterocycles. The second-order valence-corrected chi connectivity index (χ2v) is 6.61. The van der Waals surface area contributed by atoms with E-state index in [0.29, 0.717) is 18.0 Å². The van der Waals surface area contributed by atoms with Crippen LogP contribution >= 0.6 is 0 Å². The second kappa shape index (κ2) is 5.84. The first-order valence-electron chi connectivity index (χ1n) is 7.84. The lowest BCUT2D eigenvalue weighted by molar-refractivity contribution is 0.0549. The minimum Gasteiger partial charge on any atom is -0.392 e. The molecule has 3 nitrogen and oxygen atoms in total. The third-order valence-corrected chi connectivity index (χ3v) is 4.95. The molecule has 0 bridgehead atoms. The van der Waals surface area contributed by atoms with Crippen LogP contribution in [0, 0.1) is 0 Å². The van der Waals surface area contributed by atoms with E-state index < -0.39 is 0 Å². The Labute approximate surface area is 122 Å². The molecule has 1 N–H and O–H groups in total. The van der Waals surface area contributed by atoms with Crippen molar-refractivity contribution in [2.45, 2.75) is 44.4 Å². The highest BCUT2D eigenvalue weighted by atomic mass is 16.3. The van der Waals surface area contributed by atoms with Gasteiger partial charge in [0.15, 0.2) is 0 Å². The van der Waals surface area contributed by atoms with Crippen LogP contribution in [0.25, 0.3) is 0 Å². The highest BCUT2D eigenvalue weighted by Gasteiger charge is 2.38. The Morgan fingerprint density at radius 1 is 1.20 bits per heavy atom. The number of aliphatic hydroxyl groups excluding tert-OH is 1. The van der Waals surface area contributed by atoms with Gasteiger partial charge in [0.1, 0.15) is 0 Å². The molecule has 1 aromatic rings. The van der Waals surface area contributed by atoms with Crippen LogP contribution in [0.15, 0.2) is 30.3 Å². The summed E-state index contributed by atoms with van der Waals surface area (Å²) in [5.41, 5.74) is 1.42. The number of hydrogen-bond acceptors (Lipinski definition) is 3. The van der Waals surface area contributed by atoms with E-state index in [1.807, 2.05) is 0 Å². The zero-order chi connectivity index (χ0) is 14.1. The van der Waals surface area contributed by atoms with E-state index in [2.05, 4.69) is 54.0 Å². The van der Waals surface area contributed by atoms with Crippen molar-refractivity contribution in [1.29, 1.82) is 0 Å². The van der Waals surface area contributed by atoms with Crippen molar-refractivity contribution in [2.24, 2.45) is 0 Å². The van der Waals surface area contributed by atoms with Crippen LogP contribution in [0.2, 0.25) is 0 Å². The number of aliphatic hydroxyl groups is 1. The first-order chi connectivity index (χ1) is 9.63. The van der Waals surface area contributed by atoms with Crippen molar-refractivity contribution in [3.8, 4) is 0 Å². The summed E-state index contributed by atoms with van der Waals surface area (Å²) in [6, 6.07) is 11.9. The van der Waals surface area contributed by atoms with Crippen LogP contribution in [-0.4, -0.2) is 59.3 Å². The standard InChI is InChI=1S/C17H26N2O/c1-13(15-6-4-3-5-7-15)9-18-11-16-8-17(20)12-19(16)10-14(18)2/h3-7,13-14,16-17,20H,8-12H2,1-2H3/t13-,14+,16-,17+/m0/s1. The molecular formula is C17H26N2O. The average Bonchev–Trinajstić information content (AvgIpc) is 2.79. The Bertz CT molecular complexity index is 436. The summed E-state index contributed by atoms with van der Waals surface area (Å²) < 4.78 is 0. The molecule has 2 fully saturated rings. The lowest BCUT2D eigenvalue weighted by Crippen LogP contribution is -2.55. The maximum Gasteiger partial charge on any atom is 0.0682 e. The van der Waals surface area contributed by atoms with Gasteiger partial charge < -0.3 is 5.11 Å². The van der Waals surface area contributed by atoms with Crippen molar-refractivity contribution in [3.63, 3.8) is 0 Å². The molecule has 1 aromatic carbocycles. The van der Waals surface area contributed by atoms with Gasteiger partial charge in [0.2, 0.25) is 0 Å². The van der Waals surface area contributed by atoms with Crippen LogP contribution in [0.5, 0.6) is 0 Å². The molecule has 4 atom stereocenters. The highest BCUT2D eigenvalue weighted by molar-refractivity contribution is 5.19. The maximum absolute atomic E-state index is 9.83. The average molecular weight is 274 g/mol. The molecule has 0 spiro atoms. The van der Waals surface area contributed by atoms with E-state index in [1.165, 1.54) is 5.56 Å². The third kappa shape index (κ3) is 2.90. The third-order valence-electron chi connectivity index (χ3n) is 4.95. The van der Waals surface area contributed by atoms with E-state index in [9.17, 15) is 5.11 Å². The molecule has 2 saturated heterocycles. The molecule has 3 rings (SSSR count). The van der Waals surface area contributed by atoms with Crippen molar-refractivity contribution in [2.75, 3.05) is 26.2 Å². The summed E-state index contributed by atoms with van der Waals surface area (Å²) in [4.78, 5) is 5.08. The maximum atomic E-state index is 9.83. The van der Waals surface area contributed by atoms with Gasteiger partial charge in [-0.1, -0.05) is 37.3 Å². The van der Waals surface area contributed by atoms with Gasteiger partial charge in [-0.05, 0) is 24.8 Å². The van der Waals surface area contributed by atoms with Gasteiger partial charge in [-0.2, -0.15) is 0 Å². The normalized spacial score (nSPS) is 33.0. The smallest absolute Gasteiger partial charge is 0.0682 e. The van der Waals surface area contributed by atoms with Gasteiger partial charge >= 0.3 is 0 Å². The first kappa shape index (κ1) is 14.1. The molecule has 0 aliphatic carbocycles. The van der Waals surface area contributed by atoms with E-state index in [-0.39, 0.29) is 6.10 Å². The molecule has 2 aliphatic heterocycles. The molecule has 20 heavy (non-hydrogen) atoms. The zero-order valence-corrected chi connectivity index (χ0v) is 12.6. The molecule has 0 radical (unpaired) electrons. The van der Waals surface area contributed by atoms with Crippen molar-refractivity contribution >= 4 is 0 Å². The second-order valence-electron chi connectivity index (χ2n) is 6.61. The number of rotatable bonds is 3. The number of nitrogens with zero attached hydrogens (tertiary/aromatic N) is 2. The Balaban J connectivity index is 1.63. The molecule has 0 saturated carbocycles. The monoisotopic (exact) mass is 274 g/mol. The Hall–Kier alpha value is -0.900. The van der Waals surface area contributed by atoms with E-state index in [4.69, 9.17) is 0 Å². The summed E-state index contributed by atoms with van der Waals surface area (Å²) in [6.07, 6.45) is 0.835. The van der Waals surface area contributed by atoms with Crippen molar-refractivity contribution in [1.82, 2.24) is 9.80 Å². The highest BCUT2D eigenvalue weighted by Crippen LogP contribution is 2.27. The lowest BCUT2D eigenvalue weighted by atomic mass is 9.98. The van der Waals surface area contributed by atoms with Crippen LogP contribution in [0.1, 0.15) is 31.7 Å². The number of piperazine rings is 1. The van der Waals surface area contributed by atoms with E-state index >= 15 is 0 Å². The molecular weight excluding hydrogens is 248 g/mol. The molecule has 0 unspecified atom stereocenters. The summed E-state index contributed by atoms with van der Waals surface area (Å²) in [5, 5.41) is 9.83. The van der Waals surface area contributed by atoms with Gasteiger partial charge in [-0.3, -0.25) is 9.80 Å². The quantitative estimate of drug-likeness (QED) is 0.912. The minimum atomic E-state index is -0.112. The zero-order valence-electron chi connectivity index (χ0n) is 12.6. The van der Waals surface area contributed by atoms with Crippen molar-refractivity contribution in [3.05, 3.63) is 35.9 Å². The molecule has 2 heterocycles. The van der Waals surface area contributed by atoms with E-state index in [1.54, 1.807) is 0 Å². The predicted octanol–water partition coefficient (Wildman–Crippen LogP) is 1.93. The fraction of sp³-hybridized carbons (Fsp3) is 0.647. The summed E-state index contributed by atoms with van der Waals surface area (Å²) >= 11 is 0. The molecule has 3 heteroatoms. The fourth-order valence-electron chi connectivity index (χ4n) is 3.77. The summed E-state index contributed by atoms with van der Waals surface area (Å²) in [7, 11) is 0. The number of hydrogen-bond donors (Lipinski definition) is 1. The van der Waals surface area contributed by atoms with Gasteiger partial charge in [0.25, 0.3) is 0 Å². The van der Waals surface area contributed by atoms with Crippen LogP contribution in [0.3, 0.4) is 0 Å². The van der Waals surface area contributed by atoms with Gasteiger partial charge in [-0.15, -0.1) is 0 Å². The van der Waals surface area contributed by atoms with Gasteiger partial charge in [0.05, 0.1) is 6.10 Å². The van der Waals surface area contributed by atoms with Crippen LogP contribution in [0.4, 0.5) is 0 Å². The summed E-state index contributed by atoms with van der Waals surface area (Å²) in [5.74, 6) is 0.566. The van der Waals surface area contributed by atoms with Crippen LogP contribution in [-0.2, 0) is 0 Å². The predicted molar refractivity (Wildman–Crippen MR) is 81.9 cm³/mol. The molecule has 110 valence electrons. The topological polar surface area (TPSA) is 26.7 Å². The minimum absolute atomic E-state index is 0.112. The number of benzene rings is 1. The Morgan fingerprint density at radius 3 is 2.70 bits per heavy atom. The molecule has 2 aliphatic rings. The summed E-state index contributed by atoms with van der Waals surface area (Å²) in [6.45, 7) is 8.83. The van der Waals surface area contributed by atoms with Gasteiger partial charge in [0, 0.05) is 38.3 Å². The first-order valence-corrected chi connectivity index (χ1v) is 7.84. The lowest BCUT2D eigenvalue weighted by Gasteiger charge is -2.43. The van der Waals surface area contributed by atoms with Crippen molar-refractivity contribution < 1.29 is 5.11 Å². The largest absolute Gasteiger partial charge is 0.392 e. The molecule has 0 amide bonds. The van der Waals surface area contributed by atoms with Gasteiger partial charge in [-0.25, -0.2) is 0 Å². The SMILES string of the molecule is C[C@@H]1CN2C[C@H](O)C[C@H]2CN1C[C@H](C)c1ccccc1. The Morgan fingerprint density at radius 2 is 1.95 bits per heavy atom. The number of fused-ring (bicyclic) bond motifs is 1. The fourth-order valence-corrected chi connectivity index (χ4v) is 3.77. The van der Waals surface area contributed by atoms with Crippen LogP contribution < -0.4 is 0 Å². The van der Waals surface area contributed by atoms with E-state index in [0.717, 1.165) is 32.6 Å². The Kier molecular flexibility index (Phi) is 4.11.